The second-order valence-electron chi connectivity index (χ2n) is 11.4. The number of likely N-dealkylation sites (tertiary alicyclic amines) is 2. The Bertz CT molecular complexity index is 409. The third-order valence-electron chi connectivity index (χ3n) is 7.15. The van der Waals surface area contributed by atoms with Gasteiger partial charge in [-0.3, -0.25) is 4.90 Å². The first kappa shape index (κ1) is 18.7. The summed E-state index contributed by atoms with van der Waals surface area (Å²) in [6.07, 6.45) is 7.16. The summed E-state index contributed by atoms with van der Waals surface area (Å²) in [5.41, 5.74) is 0.999. The van der Waals surface area contributed by atoms with Gasteiger partial charge in [-0.1, -0.05) is 41.5 Å². The first-order valence-electron chi connectivity index (χ1n) is 10.6. The predicted molar refractivity (Wildman–Crippen MR) is 104 cm³/mol. The van der Waals surface area contributed by atoms with E-state index in [1.54, 1.807) is 0 Å². The normalized spacial score (nSPS) is 33.5. The van der Waals surface area contributed by atoms with Gasteiger partial charge in [-0.25, -0.2) is 0 Å². The minimum Gasteiger partial charge on any atom is -0.303 e. The molecule has 3 aliphatic rings. The van der Waals surface area contributed by atoms with Crippen molar-refractivity contribution in [1.82, 2.24) is 9.80 Å². The zero-order valence-corrected chi connectivity index (χ0v) is 17.3. The fraction of sp³-hybridized carbons (Fsp3) is 1.00. The van der Waals surface area contributed by atoms with Crippen LogP contribution in [0, 0.1) is 28.6 Å². The number of hydrogen-bond donors (Lipinski definition) is 0. The van der Waals surface area contributed by atoms with E-state index in [0.717, 1.165) is 23.8 Å². The molecule has 1 unspecified atom stereocenters. The minimum absolute atomic E-state index is 0.481. The summed E-state index contributed by atoms with van der Waals surface area (Å²) in [6, 6.07) is 0.915. The molecule has 140 valence electrons. The van der Waals surface area contributed by atoms with E-state index in [4.69, 9.17) is 0 Å². The van der Waals surface area contributed by atoms with E-state index in [1.807, 2.05) is 0 Å². The van der Waals surface area contributed by atoms with Crippen LogP contribution in [0.25, 0.3) is 0 Å². The molecular formula is C22H42N2. The molecule has 0 aromatic carbocycles. The van der Waals surface area contributed by atoms with Gasteiger partial charge in [0.1, 0.15) is 0 Å². The molecule has 2 bridgehead atoms. The van der Waals surface area contributed by atoms with Crippen molar-refractivity contribution in [3.8, 4) is 0 Å². The van der Waals surface area contributed by atoms with Crippen LogP contribution < -0.4 is 0 Å². The average molecular weight is 335 g/mol. The zero-order valence-electron chi connectivity index (χ0n) is 17.3. The lowest BCUT2D eigenvalue weighted by molar-refractivity contribution is 0.0769. The van der Waals surface area contributed by atoms with Gasteiger partial charge < -0.3 is 4.90 Å². The number of rotatable bonds is 4. The fourth-order valence-corrected chi connectivity index (χ4v) is 5.55. The van der Waals surface area contributed by atoms with E-state index in [0.29, 0.717) is 10.8 Å². The topological polar surface area (TPSA) is 6.48 Å². The van der Waals surface area contributed by atoms with Crippen LogP contribution in [0.2, 0.25) is 0 Å². The molecule has 3 rings (SSSR count). The van der Waals surface area contributed by atoms with Crippen LogP contribution in [0.4, 0.5) is 0 Å². The molecule has 1 saturated carbocycles. The van der Waals surface area contributed by atoms with E-state index >= 15 is 0 Å². The monoisotopic (exact) mass is 334 g/mol. The van der Waals surface area contributed by atoms with E-state index < -0.39 is 0 Å². The summed E-state index contributed by atoms with van der Waals surface area (Å²) in [6.45, 7) is 21.2. The van der Waals surface area contributed by atoms with Crippen LogP contribution >= 0.6 is 0 Å². The molecule has 3 fully saturated rings. The molecule has 0 amide bonds. The standard InChI is InChI=1S/C22H42N2/c1-21(2,3)9-12-23-10-7-17(8-11-23)15-24-16-18-13-19(24)14-20(18)22(4,5)6/h17-20H,7-16H2,1-6H3/t18-,19-,20?/m1/s1. The molecule has 0 N–H and O–H groups in total. The molecule has 2 nitrogen and oxygen atoms in total. The molecule has 2 heteroatoms. The molecule has 0 aromatic heterocycles. The SMILES string of the molecule is CC(C)(C)CCN1CCC(CN2C[C@H]3C[C@@H]2CC3C(C)(C)C)CC1. The maximum Gasteiger partial charge on any atom is 0.0102 e. The molecule has 2 heterocycles. The van der Waals surface area contributed by atoms with E-state index in [1.165, 1.54) is 64.8 Å². The summed E-state index contributed by atoms with van der Waals surface area (Å²) in [7, 11) is 0. The fourth-order valence-electron chi connectivity index (χ4n) is 5.55. The van der Waals surface area contributed by atoms with Crippen LogP contribution in [0.5, 0.6) is 0 Å². The van der Waals surface area contributed by atoms with Gasteiger partial charge in [-0.15, -0.1) is 0 Å². The lowest BCUT2D eigenvalue weighted by atomic mass is 9.74. The van der Waals surface area contributed by atoms with Crippen LogP contribution in [-0.4, -0.2) is 48.6 Å². The molecule has 0 radical (unpaired) electrons. The van der Waals surface area contributed by atoms with Crippen LogP contribution in [-0.2, 0) is 0 Å². The molecule has 1 aliphatic carbocycles. The number of piperidine rings is 2. The van der Waals surface area contributed by atoms with Gasteiger partial charge in [0.25, 0.3) is 0 Å². The van der Waals surface area contributed by atoms with Crippen molar-refractivity contribution in [2.75, 3.05) is 32.7 Å². The zero-order chi connectivity index (χ0) is 17.5. The second kappa shape index (κ2) is 6.91. The molecule has 0 aromatic rings. The molecule has 0 spiro atoms. The summed E-state index contributed by atoms with van der Waals surface area (Å²) >= 11 is 0. The van der Waals surface area contributed by atoms with Crippen molar-refractivity contribution in [2.24, 2.45) is 28.6 Å². The highest BCUT2D eigenvalue weighted by Crippen LogP contribution is 2.50. The Hall–Kier alpha value is -0.0800. The number of hydrogen-bond acceptors (Lipinski definition) is 2. The Balaban J connectivity index is 1.39. The number of fused-ring (bicyclic) bond motifs is 2. The minimum atomic E-state index is 0.481. The smallest absolute Gasteiger partial charge is 0.0102 e. The molecule has 24 heavy (non-hydrogen) atoms. The van der Waals surface area contributed by atoms with Gasteiger partial charge in [-0.2, -0.15) is 0 Å². The maximum atomic E-state index is 2.88. The van der Waals surface area contributed by atoms with Gasteiger partial charge in [0.05, 0.1) is 0 Å². The van der Waals surface area contributed by atoms with E-state index in [2.05, 4.69) is 51.3 Å². The quantitative estimate of drug-likeness (QED) is 0.722. The Labute approximate surface area is 151 Å². The van der Waals surface area contributed by atoms with Crippen molar-refractivity contribution in [3.05, 3.63) is 0 Å². The lowest BCUT2D eigenvalue weighted by Gasteiger charge is -2.41. The highest BCUT2D eigenvalue weighted by Gasteiger charge is 2.48. The van der Waals surface area contributed by atoms with Gasteiger partial charge >= 0.3 is 0 Å². The third-order valence-corrected chi connectivity index (χ3v) is 7.15. The highest BCUT2D eigenvalue weighted by molar-refractivity contribution is 5.01. The Kier molecular flexibility index (Phi) is 5.39. The van der Waals surface area contributed by atoms with Crippen molar-refractivity contribution in [2.45, 2.75) is 79.7 Å². The average Bonchev–Trinajstić information content (AvgIpc) is 3.05. The Morgan fingerprint density at radius 2 is 1.58 bits per heavy atom. The van der Waals surface area contributed by atoms with Crippen molar-refractivity contribution in [3.63, 3.8) is 0 Å². The largest absolute Gasteiger partial charge is 0.303 e. The van der Waals surface area contributed by atoms with Crippen molar-refractivity contribution < 1.29 is 0 Å². The summed E-state index contributed by atoms with van der Waals surface area (Å²) in [4.78, 5) is 5.59. The first-order chi connectivity index (χ1) is 11.1. The summed E-state index contributed by atoms with van der Waals surface area (Å²) in [5, 5.41) is 0. The Morgan fingerprint density at radius 3 is 2.08 bits per heavy atom. The third kappa shape index (κ3) is 4.55. The molecular weight excluding hydrogens is 292 g/mol. The number of nitrogens with zero attached hydrogens (tertiary/aromatic N) is 2. The van der Waals surface area contributed by atoms with Crippen LogP contribution in [0.3, 0.4) is 0 Å². The highest BCUT2D eigenvalue weighted by atomic mass is 15.2. The summed E-state index contributed by atoms with van der Waals surface area (Å²) in [5.74, 6) is 2.92. The Morgan fingerprint density at radius 1 is 0.917 bits per heavy atom. The molecule has 3 atom stereocenters. The maximum absolute atomic E-state index is 2.88. The molecule has 2 saturated heterocycles. The van der Waals surface area contributed by atoms with Gasteiger partial charge in [0.2, 0.25) is 0 Å². The lowest BCUT2D eigenvalue weighted by Crippen LogP contribution is -2.44. The van der Waals surface area contributed by atoms with E-state index in [-0.39, 0.29) is 0 Å². The molecule has 2 aliphatic heterocycles. The van der Waals surface area contributed by atoms with Gasteiger partial charge in [-0.05, 0) is 80.3 Å². The van der Waals surface area contributed by atoms with Crippen LogP contribution in [0.15, 0.2) is 0 Å². The summed E-state index contributed by atoms with van der Waals surface area (Å²) < 4.78 is 0. The second-order valence-corrected chi connectivity index (χ2v) is 11.4. The van der Waals surface area contributed by atoms with Gasteiger partial charge in [0, 0.05) is 19.1 Å². The van der Waals surface area contributed by atoms with Crippen molar-refractivity contribution in [1.29, 1.82) is 0 Å². The first-order valence-corrected chi connectivity index (χ1v) is 10.6. The van der Waals surface area contributed by atoms with E-state index in [9.17, 15) is 0 Å². The van der Waals surface area contributed by atoms with Crippen molar-refractivity contribution >= 4 is 0 Å². The predicted octanol–water partition coefficient (Wildman–Crippen LogP) is 4.89. The van der Waals surface area contributed by atoms with Gasteiger partial charge in [0.15, 0.2) is 0 Å². The van der Waals surface area contributed by atoms with Crippen LogP contribution in [0.1, 0.15) is 73.6 Å².